The predicted molar refractivity (Wildman–Crippen MR) is 53.4 cm³/mol. The molecule has 5 nitrogen and oxygen atoms in total. The van der Waals surface area contributed by atoms with Crippen molar-refractivity contribution in [3.8, 4) is 0 Å². The predicted octanol–water partition coefficient (Wildman–Crippen LogP) is -0.123. The first kappa shape index (κ1) is 12.6. The SMILES string of the molecule is NCC(O)C(O)c1ccc(C(=O)O)cc1F. The summed E-state index contributed by atoms with van der Waals surface area (Å²) < 4.78 is 13.4. The number of rotatable bonds is 4. The minimum absolute atomic E-state index is 0.178. The highest BCUT2D eigenvalue weighted by Crippen LogP contribution is 2.21. The van der Waals surface area contributed by atoms with Gasteiger partial charge in [0.25, 0.3) is 0 Å². The molecule has 0 aromatic heterocycles. The van der Waals surface area contributed by atoms with E-state index in [0.717, 1.165) is 18.2 Å². The number of carboxylic acids is 1. The van der Waals surface area contributed by atoms with Crippen molar-refractivity contribution in [1.29, 1.82) is 0 Å². The second-order valence-electron chi connectivity index (χ2n) is 3.29. The van der Waals surface area contributed by atoms with Gasteiger partial charge in [0, 0.05) is 12.1 Å². The summed E-state index contributed by atoms with van der Waals surface area (Å²) >= 11 is 0. The van der Waals surface area contributed by atoms with Crippen LogP contribution < -0.4 is 5.73 Å². The van der Waals surface area contributed by atoms with Crippen LogP contribution in [0.4, 0.5) is 4.39 Å². The van der Waals surface area contributed by atoms with Crippen LogP contribution >= 0.6 is 0 Å². The van der Waals surface area contributed by atoms with Crippen LogP contribution in [-0.4, -0.2) is 33.9 Å². The minimum Gasteiger partial charge on any atom is -0.478 e. The van der Waals surface area contributed by atoms with Crippen molar-refractivity contribution in [3.63, 3.8) is 0 Å². The Kier molecular flexibility index (Phi) is 3.94. The normalized spacial score (nSPS) is 14.5. The van der Waals surface area contributed by atoms with Gasteiger partial charge in [0.1, 0.15) is 11.9 Å². The summed E-state index contributed by atoms with van der Waals surface area (Å²) in [5.41, 5.74) is 4.71. The molecule has 0 aliphatic heterocycles. The number of benzene rings is 1. The summed E-state index contributed by atoms with van der Waals surface area (Å²) in [4.78, 5) is 10.5. The summed E-state index contributed by atoms with van der Waals surface area (Å²) in [6.07, 6.45) is -2.75. The van der Waals surface area contributed by atoms with E-state index in [4.69, 9.17) is 10.8 Å². The molecule has 0 heterocycles. The molecule has 1 aromatic rings. The van der Waals surface area contributed by atoms with E-state index in [1.54, 1.807) is 0 Å². The Balaban J connectivity index is 3.03. The quantitative estimate of drug-likeness (QED) is 0.576. The molecule has 88 valence electrons. The smallest absolute Gasteiger partial charge is 0.335 e. The summed E-state index contributed by atoms with van der Waals surface area (Å²) in [5, 5.41) is 27.3. The molecule has 5 N–H and O–H groups in total. The van der Waals surface area contributed by atoms with Crippen LogP contribution in [0.1, 0.15) is 22.0 Å². The Labute approximate surface area is 90.9 Å². The number of halogens is 1. The summed E-state index contributed by atoms with van der Waals surface area (Å²) in [5.74, 6) is -2.15. The summed E-state index contributed by atoms with van der Waals surface area (Å²) in [6.45, 7) is -0.221. The first-order valence-corrected chi connectivity index (χ1v) is 4.56. The number of nitrogens with two attached hydrogens (primary N) is 1. The van der Waals surface area contributed by atoms with E-state index in [2.05, 4.69) is 0 Å². The highest BCUT2D eigenvalue weighted by molar-refractivity contribution is 5.87. The molecule has 0 saturated carbocycles. The molecule has 0 bridgehead atoms. The van der Waals surface area contributed by atoms with E-state index in [1.807, 2.05) is 0 Å². The van der Waals surface area contributed by atoms with E-state index in [0.29, 0.717) is 0 Å². The van der Waals surface area contributed by atoms with Gasteiger partial charge in [0.15, 0.2) is 0 Å². The minimum atomic E-state index is -1.46. The Bertz CT molecular complexity index is 396. The number of aromatic carboxylic acids is 1. The molecule has 16 heavy (non-hydrogen) atoms. The third-order valence-corrected chi connectivity index (χ3v) is 2.17. The molecule has 0 radical (unpaired) electrons. The second-order valence-corrected chi connectivity index (χ2v) is 3.29. The van der Waals surface area contributed by atoms with Gasteiger partial charge in [-0.15, -0.1) is 0 Å². The van der Waals surface area contributed by atoms with Crippen LogP contribution in [0.5, 0.6) is 0 Å². The maximum absolute atomic E-state index is 13.4. The lowest BCUT2D eigenvalue weighted by atomic mass is 10.0. The first-order chi connectivity index (χ1) is 7.47. The topological polar surface area (TPSA) is 104 Å². The van der Waals surface area contributed by atoms with E-state index in [9.17, 15) is 19.4 Å². The lowest BCUT2D eigenvalue weighted by molar-refractivity contribution is 0.0221. The number of carbonyl (C=O) groups is 1. The Hall–Kier alpha value is -1.50. The summed E-state index contributed by atoms with van der Waals surface area (Å²) in [6, 6.07) is 3.04. The Morgan fingerprint density at radius 2 is 2.06 bits per heavy atom. The number of aliphatic hydroxyl groups excluding tert-OH is 2. The maximum Gasteiger partial charge on any atom is 0.335 e. The molecular weight excluding hydrogens is 217 g/mol. The fraction of sp³-hybridized carbons (Fsp3) is 0.300. The third-order valence-electron chi connectivity index (χ3n) is 2.17. The van der Waals surface area contributed by atoms with Crippen molar-refractivity contribution < 1.29 is 24.5 Å². The van der Waals surface area contributed by atoms with Crippen molar-refractivity contribution in [1.82, 2.24) is 0 Å². The number of aliphatic hydroxyl groups is 2. The van der Waals surface area contributed by atoms with Gasteiger partial charge in [-0.2, -0.15) is 0 Å². The van der Waals surface area contributed by atoms with Crippen molar-refractivity contribution in [2.45, 2.75) is 12.2 Å². The zero-order valence-corrected chi connectivity index (χ0v) is 8.30. The molecule has 2 unspecified atom stereocenters. The fourth-order valence-electron chi connectivity index (χ4n) is 1.24. The third kappa shape index (κ3) is 2.54. The molecule has 0 fully saturated rings. The molecular formula is C10H12FNO4. The standard InChI is InChI=1S/C10H12FNO4/c11-7-3-5(10(15)16)1-2-6(7)9(14)8(13)4-12/h1-3,8-9,13-14H,4,12H2,(H,15,16). The molecule has 2 atom stereocenters. The van der Waals surface area contributed by atoms with Gasteiger partial charge < -0.3 is 21.1 Å². The van der Waals surface area contributed by atoms with Crippen molar-refractivity contribution in [2.24, 2.45) is 5.73 Å². The lowest BCUT2D eigenvalue weighted by Crippen LogP contribution is -2.27. The molecule has 0 saturated heterocycles. The number of hydrogen-bond acceptors (Lipinski definition) is 4. The maximum atomic E-state index is 13.4. The van der Waals surface area contributed by atoms with Crippen molar-refractivity contribution in [2.75, 3.05) is 6.54 Å². The van der Waals surface area contributed by atoms with E-state index in [-0.39, 0.29) is 17.7 Å². The number of carboxylic acid groups (broad SMARTS) is 1. The van der Waals surface area contributed by atoms with E-state index >= 15 is 0 Å². The van der Waals surface area contributed by atoms with Crippen LogP contribution in [0, 0.1) is 5.82 Å². The molecule has 6 heteroatoms. The molecule has 1 aromatic carbocycles. The molecule has 0 amide bonds. The van der Waals surface area contributed by atoms with Crippen LogP contribution in [0.25, 0.3) is 0 Å². The first-order valence-electron chi connectivity index (χ1n) is 4.56. The zero-order valence-electron chi connectivity index (χ0n) is 8.30. The van der Waals surface area contributed by atoms with Crippen molar-refractivity contribution >= 4 is 5.97 Å². The van der Waals surface area contributed by atoms with Gasteiger partial charge in [0.2, 0.25) is 0 Å². The van der Waals surface area contributed by atoms with Crippen molar-refractivity contribution in [3.05, 3.63) is 35.1 Å². The monoisotopic (exact) mass is 229 g/mol. The second kappa shape index (κ2) is 5.02. The zero-order chi connectivity index (χ0) is 12.3. The summed E-state index contributed by atoms with van der Waals surface area (Å²) in [7, 11) is 0. The van der Waals surface area contributed by atoms with Gasteiger partial charge in [-0.05, 0) is 12.1 Å². The fourth-order valence-corrected chi connectivity index (χ4v) is 1.24. The Morgan fingerprint density at radius 1 is 1.44 bits per heavy atom. The van der Waals surface area contributed by atoms with Gasteiger partial charge in [-0.25, -0.2) is 9.18 Å². The Morgan fingerprint density at radius 3 is 2.50 bits per heavy atom. The van der Waals surface area contributed by atoms with Gasteiger partial charge >= 0.3 is 5.97 Å². The van der Waals surface area contributed by atoms with Crippen LogP contribution in [-0.2, 0) is 0 Å². The molecule has 1 rings (SSSR count). The number of hydrogen-bond donors (Lipinski definition) is 4. The van der Waals surface area contributed by atoms with Gasteiger partial charge in [-0.1, -0.05) is 6.07 Å². The molecule has 0 aliphatic carbocycles. The van der Waals surface area contributed by atoms with Gasteiger partial charge in [-0.3, -0.25) is 0 Å². The van der Waals surface area contributed by atoms with Gasteiger partial charge in [0.05, 0.1) is 11.7 Å². The highest BCUT2D eigenvalue weighted by atomic mass is 19.1. The average molecular weight is 229 g/mol. The van der Waals surface area contributed by atoms with Crippen LogP contribution in [0.15, 0.2) is 18.2 Å². The highest BCUT2D eigenvalue weighted by Gasteiger charge is 2.21. The van der Waals surface area contributed by atoms with E-state index in [1.165, 1.54) is 0 Å². The van der Waals surface area contributed by atoms with Crippen LogP contribution in [0.2, 0.25) is 0 Å². The van der Waals surface area contributed by atoms with Crippen LogP contribution in [0.3, 0.4) is 0 Å². The molecule has 0 spiro atoms. The average Bonchev–Trinajstić information content (AvgIpc) is 2.26. The van der Waals surface area contributed by atoms with E-state index < -0.39 is 24.0 Å². The lowest BCUT2D eigenvalue weighted by Gasteiger charge is -2.17. The largest absolute Gasteiger partial charge is 0.478 e. The molecule has 0 aliphatic rings.